The number of aldehydes is 1. The summed E-state index contributed by atoms with van der Waals surface area (Å²) in [5.41, 5.74) is 0.507. The molecule has 1 aromatic carbocycles. The first-order valence-corrected chi connectivity index (χ1v) is 8.34. The molecule has 25 heavy (non-hydrogen) atoms. The van der Waals surface area contributed by atoms with Crippen LogP contribution in [-0.4, -0.2) is 40.4 Å². The average molecular weight is 341 g/mol. The molecule has 1 aromatic heterocycles. The van der Waals surface area contributed by atoms with Crippen LogP contribution >= 0.6 is 0 Å². The molecule has 130 valence electrons. The fourth-order valence-electron chi connectivity index (χ4n) is 2.29. The molecule has 0 aliphatic heterocycles. The molecule has 4 rings (SSSR count). The van der Waals surface area contributed by atoms with E-state index in [0.717, 1.165) is 32.0 Å². The van der Waals surface area contributed by atoms with Crippen molar-refractivity contribution < 1.29 is 14.3 Å². The predicted octanol–water partition coefficient (Wildman–Crippen LogP) is 2.63. The van der Waals surface area contributed by atoms with E-state index in [0.29, 0.717) is 41.0 Å². The van der Waals surface area contributed by atoms with Crippen LogP contribution in [0.25, 0.3) is 0 Å². The maximum absolute atomic E-state index is 10.9. The number of aromatic nitrogens is 3. The van der Waals surface area contributed by atoms with Crippen molar-refractivity contribution in [1.29, 1.82) is 0 Å². The first-order valence-electron chi connectivity index (χ1n) is 8.34. The minimum absolute atomic E-state index is 0.179. The summed E-state index contributed by atoms with van der Waals surface area (Å²) in [6.45, 7) is 0. The van der Waals surface area contributed by atoms with Gasteiger partial charge < -0.3 is 20.1 Å². The standard InChI is InChI=1S/C17H19N5O3/c1-24-14-8-10(9-23)2-7-13(14)25-17-21-15(18-11-3-4-11)20-16(22-17)19-12-5-6-12/h2,7-9,11-12H,3-6H2,1H3,(H2,18,19,20,21,22). The summed E-state index contributed by atoms with van der Waals surface area (Å²) < 4.78 is 11.1. The Hall–Kier alpha value is -2.90. The van der Waals surface area contributed by atoms with Gasteiger partial charge in [0.15, 0.2) is 11.5 Å². The molecule has 0 saturated heterocycles. The number of carbonyl (C=O) groups excluding carboxylic acids is 1. The Morgan fingerprint density at radius 3 is 2.16 bits per heavy atom. The molecule has 2 aliphatic rings. The zero-order valence-electron chi connectivity index (χ0n) is 13.9. The third-order valence-electron chi connectivity index (χ3n) is 3.96. The van der Waals surface area contributed by atoms with Gasteiger partial charge in [0.25, 0.3) is 0 Å². The van der Waals surface area contributed by atoms with Crippen LogP contribution in [0.15, 0.2) is 18.2 Å². The van der Waals surface area contributed by atoms with Crippen molar-refractivity contribution in [2.45, 2.75) is 37.8 Å². The van der Waals surface area contributed by atoms with Crippen molar-refractivity contribution in [3.8, 4) is 17.5 Å². The second-order valence-electron chi connectivity index (χ2n) is 6.23. The number of benzene rings is 1. The van der Waals surface area contributed by atoms with Gasteiger partial charge in [-0.3, -0.25) is 4.79 Å². The van der Waals surface area contributed by atoms with E-state index in [-0.39, 0.29) is 6.01 Å². The highest BCUT2D eigenvalue weighted by Gasteiger charge is 2.25. The Morgan fingerprint density at radius 2 is 1.64 bits per heavy atom. The van der Waals surface area contributed by atoms with E-state index in [9.17, 15) is 4.79 Å². The molecular weight excluding hydrogens is 322 g/mol. The van der Waals surface area contributed by atoms with Crippen molar-refractivity contribution in [3.05, 3.63) is 23.8 Å². The highest BCUT2D eigenvalue weighted by atomic mass is 16.5. The molecule has 0 atom stereocenters. The van der Waals surface area contributed by atoms with Crippen LogP contribution in [0.1, 0.15) is 36.0 Å². The van der Waals surface area contributed by atoms with Crippen LogP contribution in [0.3, 0.4) is 0 Å². The van der Waals surface area contributed by atoms with Gasteiger partial charge in [-0.1, -0.05) is 0 Å². The molecular formula is C17H19N5O3. The Morgan fingerprint density at radius 1 is 1.00 bits per heavy atom. The van der Waals surface area contributed by atoms with Crippen LogP contribution in [-0.2, 0) is 0 Å². The van der Waals surface area contributed by atoms with Crippen LogP contribution in [0.4, 0.5) is 11.9 Å². The summed E-state index contributed by atoms with van der Waals surface area (Å²) in [6, 6.07) is 5.94. The summed E-state index contributed by atoms with van der Waals surface area (Å²) in [5, 5.41) is 6.53. The Labute approximate surface area is 145 Å². The summed E-state index contributed by atoms with van der Waals surface area (Å²) in [5.74, 6) is 1.88. The molecule has 0 amide bonds. The number of anilines is 2. The summed E-state index contributed by atoms with van der Waals surface area (Å²) in [7, 11) is 1.52. The molecule has 0 spiro atoms. The first-order chi connectivity index (χ1) is 12.2. The fraction of sp³-hybridized carbons (Fsp3) is 0.412. The number of hydrogen-bond donors (Lipinski definition) is 2. The second-order valence-corrected chi connectivity index (χ2v) is 6.23. The smallest absolute Gasteiger partial charge is 0.328 e. The zero-order chi connectivity index (χ0) is 17.2. The van der Waals surface area contributed by atoms with Crippen LogP contribution in [0, 0.1) is 0 Å². The SMILES string of the molecule is COc1cc(C=O)ccc1Oc1nc(NC2CC2)nc(NC2CC2)n1. The molecule has 2 saturated carbocycles. The normalized spacial score (nSPS) is 16.2. The van der Waals surface area contributed by atoms with E-state index in [2.05, 4.69) is 25.6 Å². The van der Waals surface area contributed by atoms with E-state index < -0.39 is 0 Å². The lowest BCUT2D eigenvalue weighted by Gasteiger charge is -2.12. The van der Waals surface area contributed by atoms with Crippen LogP contribution in [0.2, 0.25) is 0 Å². The molecule has 2 aliphatic carbocycles. The number of nitrogens with one attached hydrogen (secondary N) is 2. The second kappa shape index (κ2) is 6.54. The van der Waals surface area contributed by atoms with E-state index >= 15 is 0 Å². The van der Waals surface area contributed by atoms with Gasteiger partial charge in [0.2, 0.25) is 11.9 Å². The largest absolute Gasteiger partial charge is 0.493 e. The molecule has 1 heterocycles. The van der Waals surface area contributed by atoms with E-state index in [1.54, 1.807) is 18.2 Å². The van der Waals surface area contributed by atoms with Gasteiger partial charge in [-0.15, -0.1) is 0 Å². The lowest BCUT2D eigenvalue weighted by atomic mass is 10.2. The minimum Gasteiger partial charge on any atom is -0.493 e. The van der Waals surface area contributed by atoms with Crippen molar-refractivity contribution in [2.24, 2.45) is 0 Å². The van der Waals surface area contributed by atoms with Crippen molar-refractivity contribution in [2.75, 3.05) is 17.7 Å². The number of carbonyl (C=O) groups is 1. The van der Waals surface area contributed by atoms with Gasteiger partial charge in [-0.25, -0.2) is 0 Å². The molecule has 8 heteroatoms. The van der Waals surface area contributed by atoms with Gasteiger partial charge in [-0.2, -0.15) is 15.0 Å². The lowest BCUT2D eigenvalue weighted by Crippen LogP contribution is -2.12. The fourth-order valence-corrected chi connectivity index (χ4v) is 2.29. The van der Waals surface area contributed by atoms with Crippen molar-refractivity contribution in [1.82, 2.24) is 15.0 Å². The van der Waals surface area contributed by atoms with E-state index in [1.165, 1.54) is 7.11 Å². The van der Waals surface area contributed by atoms with E-state index in [1.807, 2.05) is 0 Å². The van der Waals surface area contributed by atoms with Crippen LogP contribution in [0.5, 0.6) is 17.5 Å². The Balaban J connectivity index is 1.60. The monoisotopic (exact) mass is 341 g/mol. The maximum atomic E-state index is 10.9. The molecule has 0 bridgehead atoms. The van der Waals surface area contributed by atoms with Gasteiger partial charge in [0.05, 0.1) is 7.11 Å². The molecule has 2 fully saturated rings. The first kappa shape index (κ1) is 15.6. The Kier molecular flexibility index (Phi) is 4.09. The highest BCUT2D eigenvalue weighted by Crippen LogP contribution is 2.32. The summed E-state index contributed by atoms with van der Waals surface area (Å²) in [6.07, 6.45) is 5.23. The topological polar surface area (TPSA) is 98.3 Å². The minimum atomic E-state index is 0.179. The predicted molar refractivity (Wildman–Crippen MR) is 91.6 cm³/mol. The third kappa shape index (κ3) is 3.96. The summed E-state index contributed by atoms with van der Waals surface area (Å²) >= 11 is 0. The molecule has 8 nitrogen and oxygen atoms in total. The zero-order valence-corrected chi connectivity index (χ0v) is 13.9. The number of rotatable bonds is 8. The molecule has 2 aromatic rings. The van der Waals surface area contributed by atoms with Crippen molar-refractivity contribution in [3.63, 3.8) is 0 Å². The molecule has 0 radical (unpaired) electrons. The summed E-state index contributed by atoms with van der Waals surface area (Å²) in [4.78, 5) is 24.0. The number of nitrogens with zero attached hydrogens (tertiary/aromatic N) is 3. The average Bonchev–Trinajstić information content (AvgIpc) is 3.52. The van der Waals surface area contributed by atoms with Crippen LogP contribution < -0.4 is 20.1 Å². The van der Waals surface area contributed by atoms with Crippen molar-refractivity contribution >= 4 is 18.2 Å². The molecule has 2 N–H and O–H groups in total. The maximum Gasteiger partial charge on any atom is 0.328 e. The molecule has 0 unspecified atom stereocenters. The number of ether oxygens (including phenoxy) is 2. The van der Waals surface area contributed by atoms with Gasteiger partial charge in [-0.05, 0) is 43.9 Å². The quantitative estimate of drug-likeness (QED) is 0.707. The van der Waals surface area contributed by atoms with Gasteiger partial charge >= 0.3 is 6.01 Å². The van der Waals surface area contributed by atoms with Gasteiger partial charge in [0, 0.05) is 17.6 Å². The lowest BCUT2D eigenvalue weighted by molar-refractivity contribution is 0.112. The highest BCUT2D eigenvalue weighted by molar-refractivity contribution is 5.76. The van der Waals surface area contributed by atoms with Gasteiger partial charge in [0.1, 0.15) is 6.29 Å². The van der Waals surface area contributed by atoms with E-state index in [4.69, 9.17) is 9.47 Å². The number of methoxy groups -OCH3 is 1. The Bertz CT molecular complexity index is 758. The number of hydrogen-bond acceptors (Lipinski definition) is 8. The third-order valence-corrected chi connectivity index (χ3v) is 3.96.